The van der Waals surface area contributed by atoms with Crippen LogP contribution >= 0.6 is 15.9 Å². The Morgan fingerprint density at radius 3 is 2.68 bits per heavy atom. The van der Waals surface area contributed by atoms with Crippen molar-refractivity contribution in [1.29, 1.82) is 0 Å². The van der Waals surface area contributed by atoms with Crippen molar-refractivity contribution in [1.82, 2.24) is 20.2 Å². The van der Waals surface area contributed by atoms with Gasteiger partial charge in [0.1, 0.15) is 6.10 Å². The number of amides is 2. The highest BCUT2D eigenvalue weighted by Crippen LogP contribution is 2.16. The van der Waals surface area contributed by atoms with E-state index in [1.807, 2.05) is 6.07 Å². The molecule has 0 aliphatic carbocycles. The summed E-state index contributed by atoms with van der Waals surface area (Å²) in [6, 6.07) is 9.10. The maximum atomic E-state index is 12.2. The highest BCUT2D eigenvalue weighted by atomic mass is 79.9. The van der Waals surface area contributed by atoms with Crippen LogP contribution in [0.25, 0.3) is 0 Å². The van der Waals surface area contributed by atoms with Crippen molar-refractivity contribution in [3.05, 3.63) is 52.8 Å². The van der Waals surface area contributed by atoms with Gasteiger partial charge in [-0.25, -0.2) is 9.97 Å². The zero-order valence-electron chi connectivity index (χ0n) is 13.4. The van der Waals surface area contributed by atoms with Gasteiger partial charge in [-0.3, -0.25) is 9.59 Å². The van der Waals surface area contributed by atoms with Gasteiger partial charge in [-0.05, 0) is 28.1 Å². The van der Waals surface area contributed by atoms with Gasteiger partial charge in [0, 0.05) is 30.9 Å². The second-order valence-electron chi connectivity index (χ2n) is 5.60. The number of ether oxygens (including phenoxy) is 1. The van der Waals surface area contributed by atoms with Crippen LogP contribution in [0.15, 0.2) is 47.2 Å². The number of likely N-dealkylation sites (tertiary alicyclic amines) is 1. The lowest BCUT2D eigenvalue weighted by molar-refractivity contribution is -0.129. The zero-order valence-corrected chi connectivity index (χ0v) is 15.0. The number of nitrogens with zero attached hydrogens (tertiary/aromatic N) is 3. The standard InChI is InChI=1S/C17H17BrN4O3/c18-13-8-20-17(21-9-13)25-14-6-7-22(11-14)15(23)10-19-16(24)12-4-2-1-3-5-12/h1-5,8-9,14H,6-7,10-11H2,(H,19,24)/t14-/m1/s1. The van der Waals surface area contributed by atoms with Crippen LogP contribution in [-0.4, -0.2) is 52.4 Å². The number of rotatable bonds is 5. The van der Waals surface area contributed by atoms with Gasteiger partial charge in [0.25, 0.3) is 5.91 Å². The largest absolute Gasteiger partial charge is 0.458 e. The van der Waals surface area contributed by atoms with E-state index in [2.05, 4.69) is 31.2 Å². The molecule has 0 radical (unpaired) electrons. The van der Waals surface area contributed by atoms with Crippen molar-refractivity contribution in [2.24, 2.45) is 0 Å². The number of hydrogen-bond acceptors (Lipinski definition) is 5. The monoisotopic (exact) mass is 404 g/mol. The van der Waals surface area contributed by atoms with Crippen molar-refractivity contribution in [2.75, 3.05) is 19.6 Å². The van der Waals surface area contributed by atoms with Crippen LogP contribution in [0.2, 0.25) is 0 Å². The molecule has 1 aromatic carbocycles. The summed E-state index contributed by atoms with van der Waals surface area (Å²) in [7, 11) is 0. The van der Waals surface area contributed by atoms with Crippen LogP contribution in [-0.2, 0) is 4.79 Å². The Labute approximate surface area is 153 Å². The number of carbonyl (C=O) groups excluding carboxylic acids is 2. The van der Waals surface area contributed by atoms with Gasteiger partial charge >= 0.3 is 6.01 Å². The first-order valence-electron chi connectivity index (χ1n) is 7.87. The van der Waals surface area contributed by atoms with E-state index < -0.39 is 0 Å². The summed E-state index contributed by atoms with van der Waals surface area (Å²) >= 11 is 3.26. The number of nitrogens with one attached hydrogen (secondary N) is 1. The van der Waals surface area contributed by atoms with E-state index in [0.717, 1.165) is 4.47 Å². The average molecular weight is 405 g/mol. The molecule has 25 heavy (non-hydrogen) atoms. The average Bonchev–Trinajstić information content (AvgIpc) is 3.10. The Morgan fingerprint density at radius 1 is 1.24 bits per heavy atom. The predicted molar refractivity (Wildman–Crippen MR) is 94.1 cm³/mol. The topological polar surface area (TPSA) is 84.4 Å². The molecular weight excluding hydrogens is 388 g/mol. The minimum absolute atomic E-state index is 0.0325. The Bertz CT molecular complexity index is 739. The van der Waals surface area contributed by atoms with Gasteiger partial charge in [0.05, 0.1) is 17.6 Å². The Kier molecular flexibility index (Phi) is 5.60. The molecule has 1 aliphatic rings. The van der Waals surface area contributed by atoms with Gasteiger partial charge < -0.3 is 15.0 Å². The number of hydrogen-bond donors (Lipinski definition) is 1. The molecule has 1 atom stereocenters. The highest BCUT2D eigenvalue weighted by molar-refractivity contribution is 9.10. The molecule has 2 aromatic rings. The van der Waals surface area contributed by atoms with Crippen LogP contribution in [0, 0.1) is 0 Å². The second kappa shape index (κ2) is 8.06. The molecule has 1 aromatic heterocycles. The Balaban J connectivity index is 1.46. The minimum Gasteiger partial charge on any atom is -0.458 e. The van der Waals surface area contributed by atoms with E-state index in [1.165, 1.54) is 0 Å². The van der Waals surface area contributed by atoms with E-state index in [1.54, 1.807) is 41.6 Å². The van der Waals surface area contributed by atoms with Gasteiger partial charge in [-0.15, -0.1) is 0 Å². The molecule has 1 aliphatic heterocycles. The normalized spacial score (nSPS) is 16.5. The molecule has 1 N–H and O–H groups in total. The van der Waals surface area contributed by atoms with E-state index in [-0.39, 0.29) is 24.5 Å². The van der Waals surface area contributed by atoms with Crippen LogP contribution in [0.4, 0.5) is 0 Å². The molecule has 2 heterocycles. The van der Waals surface area contributed by atoms with Crippen molar-refractivity contribution in [3.63, 3.8) is 0 Å². The number of carbonyl (C=O) groups is 2. The van der Waals surface area contributed by atoms with Crippen LogP contribution in [0.5, 0.6) is 6.01 Å². The van der Waals surface area contributed by atoms with Gasteiger partial charge in [-0.2, -0.15) is 0 Å². The summed E-state index contributed by atoms with van der Waals surface area (Å²) in [6.07, 6.45) is 3.78. The molecular formula is C17H17BrN4O3. The van der Waals surface area contributed by atoms with E-state index in [0.29, 0.717) is 31.1 Å². The molecule has 0 unspecified atom stereocenters. The van der Waals surface area contributed by atoms with Gasteiger partial charge in [0.2, 0.25) is 5.91 Å². The summed E-state index contributed by atoms with van der Waals surface area (Å²) in [6.45, 7) is 1.01. The first-order valence-corrected chi connectivity index (χ1v) is 8.66. The van der Waals surface area contributed by atoms with E-state index in [9.17, 15) is 9.59 Å². The Morgan fingerprint density at radius 2 is 1.96 bits per heavy atom. The molecule has 0 bridgehead atoms. The summed E-state index contributed by atoms with van der Waals surface area (Å²) in [5, 5.41) is 2.65. The van der Waals surface area contributed by atoms with Crippen molar-refractivity contribution >= 4 is 27.7 Å². The number of benzene rings is 1. The van der Waals surface area contributed by atoms with E-state index in [4.69, 9.17) is 4.74 Å². The van der Waals surface area contributed by atoms with Gasteiger partial charge in [0.15, 0.2) is 0 Å². The lowest BCUT2D eigenvalue weighted by Crippen LogP contribution is -2.39. The fraction of sp³-hybridized carbons (Fsp3) is 0.294. The fourth-order valence-electron chi connectivity index (χ4n) is 2.52. The van der Waals surface area contributed by atoms with E-state index >= 15 is 0 Å². The lowest BCUT2D eigenvalue weighted by atomic mass is 10.2. The molecule has 8 heteroatoms. The number of aromatic nitrogens is 2. The number of halogens is 1. The third kappa shape index (κ3) is 4.76. The molecule has 2 amide bonds. The minimum atomic E-state index is -0.260. The molecule has 1 saturated heterocycles. The molecule has 7 nitrogen and oxygen atoms in total. The molecule has 0 saturated carbocycles. The second-order valence-corrected chi connectivity index (χ2v) is 6.52. The first kappa shape index (κ1) is 17.3. The summed E-state index contributed by atoms with van der Waals surface area (Å²) in [5.41, 5.74) is 0.533. The third-order valence-corrected chi connectivity index (χ3v) is 4.21. The third-order valence-electron chi connectivity index (χ3n) is 3.80. The smallest absolute Gasteiger partial charge is 0.316 e. The molecule has 1 fully saturated rings. The first-order chi connectivity index (χ1) is 12.1. The van der Waals surface area contributed by atoms with Crippen LogP contribution in [0.1, 0.15) is 16.8 Å². The lowest BCUT2D eigenvalue weighted by Gasteiger charge is -2.17. The Hall–Kier alpha value is -2.48. The highest BCUT2D eigenvalue weighted by Gasteiger charge is 2.28. The predicted octanol–water partition coefficient (Wildman–Crippen LogP) is 1.65. The molecule has 130 valence electrons. The summed E-state index contributed by atoms with van der Waals surface area (Å²) < 4.78 is 6.46. The van der Waals surface area contributed by atoms with Gasteiger partial charge in [-0.1, -0.05) is 18.2 Å². The summed E-state index contributed by atoms with van der Waals surface area (Å²) in [4.78, 5) is 34.0. The van der Waals surface area contributed by atoms with Crippen LogP contribution < -0.4 is 10.1 Å². The van der Waals surface area contributed by atoms with Crippen molar-refractivity contribution in [3.8, 4) is 6.01 Å². The maximum absolute atomic E-state index is 12.2. The SMILES string of the molecule is O=C(NCC(=O)N1CC[C@@H](Oc2ncc(Br)cn2)C1)c1ccccc1. The van der Waals surface area contributed by atoms with Crippen molar-refractivity contribution < 1.29 is 14.3 Å². The maximum Gasteiger partial charge on any atom is 0.316 e. The fourth-order valence-corrected chi connectivity index (χ4v) is 2.73. The van der Waals surface area contributed by atoms with Crippen LogP contribution in [0.3, 0.4) is 0 Å². The van der Waals surface area contributed by atoms with Crippen molar-refractivity contribution in [2.45, 2.75) is 12.5 Å². The molecule has 3 rings (SSSR count). The zero-order chi connectivity index (χ0) is 17.6. The quantitative estimate of drug-likeness (QED) is 0.818. The summed E-state index contributed by atoms with van der Waals surface area (Å²) in [5.74, 6) is -0.392. The molecule has 0 spiro atoms.